The maximum atomic E-state index is 13.3. The third kappa shape index (κ3) is 4.53. The fourth-order valence-corrected chi connectivity index (χ4v) is 3.91. The van der Waals surface area contributed by atoms with Gasteiger partial charge in [-0.1, -0.05) is 0 Å². The molecule has 1 amide bonds. The number of rotatable bonds is 3. The first kappa shape index (κ1) is 20.5. The molecule has 1 fully saturated rings. The van der Waals surface area contributed by atoms with E-state index < -0.39 is 12.1 Å². The van der Waals surface area contributed by atoms with Crippen LogP contribution in [0.5, 0.6) is 0 Å². The quantitative estimate of drug-likeness (QED) is 0.821. The van der Waals surface area contributed by atoms with Gasteiger partial charge in [0.2, 0.25) is 0 Å². The molecular formula is C20H22F3N5O2. The highest BCUT2D eigenvalue weighted by molar-refractivity contribution is 6.05. The van der Waals surface area contributed by atoms with Crippen LogP contribution in [0.1, 0.15) is 34.5 Å². The molecule has 30 heavy (non-hydrogen) atoms. The second kappa shape index (κ2) is 8.55. The Balaban J connectivity index is 1.67. The standard InChI is InChI=1S/C20H22F3N5O2/c21-20(22,23)13-3-2-8-28(12-13)18-11-15(14-5-9-30-10-6-16(14)25-18)19(29)26-17-4-1-7-24-27-17/h1,4,7,11,13H,2-3,5-6,8-10,12H2,(H,26,27,29)/t13-/m1/s1. The molecule has 4 rings (SSSR count). The number of amides is 1. The van der Waals surface area contributed by atoms with Crippen molar-refractivity contribution in [3.8, 4) is 0 Å². The number of nitrogens with zero attached hydrogens (tertiary/aromatic N) is 4. The minimum atomic E-state index is -4.25. The molecular weight excluding hydrogens is 399 g/mol. The third-order valence-corrected chi connectivity index (χ3v) is 5.44. The van der Waals surface area contributed by atoms with E-state index in [1.807, 2.05) is 0 Å². The molecule has 0 aliphatic carbocycles. The predicted molar refractivity (Wildman–Crippen MR) is 103 cm³/mol. The summed E-state index contributed by atoms with van der Waals surface area (Å²) in [6, 6.07) is 4.86. The lowest BCUT2D eigenvalue weighted by Crippen LogP contribution is -2.42. The van der Waals surface area contributed by atoms with Crippen LogP contribution in [0, 0.1) is 5.92 Å². The number of hydrogen-bond donors (Lipinski definition) is 1. The summed E-state index contributed by atoms with van der Waals surface area (Å²) in [4.78, 5) is 19.3. The Morgan fingerprint density at radius 3 is 2.87 bits per heavy atom. The molecule has 0 bridgehead atoms. The van der Waals surface area contributed by atoms with Crippen LogP contribution in [0.3, 0.4) is 0 Å². The molecule has 0 aromatic carbocycles. The zero-order valence-corrected chi connectivity index (χ0v) is 16.3. The van der Waals surface area contributed by atoms with E-state index in [1.54, 1.807) is 23.1 Å². The summed E-state index contributed by atoms with van der Waals surface area (Å²) in [7, 11) is 0. The van der Waals surface area contributed by atoms with Gasteiger partial charge >= 0.3 is 6.18 Å². The molecule has 2 aliphatic rings. The molecule has 0 spiro atoms. The summed E-state index contributed by atoms with van der Waals surface area (Å²) in [6.45, 7) is 1.23. The molecule has 1 N–H and O–H groups in total. The highest BCUT2D eigenvalue weighted by Crippen LogP contribution is 2.35. The van der Waals surface area contributed by atoms with Gasteiger partial charge < -0.3 is 15.0 Å². The normalized spacial score (nSPS) is 19.7. The first-order valence-corrected chi connectivity index (χ1v) is 9.93. The van der Waals surface area contributed by atoms with E-state index in [1.165, 1.54) is 6.20 Å². The van der Waals surface area contributed by atoms with Crippen molar-refractivity contribution in [1.29, 1.82) is 0 Å². The second-order valence-electron chi connectivity index (χ2n) is 7.46. The number of alkyl halides is 3. The SMILES string of the molecule is O=C(Nc1cccnn1)c1cc(N2CCC[C@@H](C(F)(F)F)C2)nc2c1CCOCC2. The molecule has 0 radical (unpaired) electrons. The number of pyridine rings is 1. The summed E-state index contributed by atoms with van der Waals surface area (Å²) in [5.74, 6) is -1.09. The molecule has 2 aromatic heterocycles. The number of aromatic nitrogens is 3. The number of carbonyl (C=O) groups is 1. The Bertz CT molecular complexity index is 907. The maximum Gasteiger partial charge on any atom is 0.393 e. The van der Waals surface area contributed by atoms with Crippen molar-refractivity contribution in [2.75, 3.05) is 36.5 Å². The van der Waals surface area contributed by atoms with Gasteiger partial charge in [-0.3, -0.25) is 4.79 Å². The minimum Gasteiger partial charge on any atom is -0.381 e. The van der Waals surface area contributed by atoms with Gasteiger partial charge in [-0.25, -0.2) is 4.98 Å². The van der Waals surface area contributed by atoms with E-state index in [4.69, 9.17) is 4.74 Å². The summed E-state index contributed by atoms with van der Waals surface area (Å²) in [5.41, 5.74) is 1.85. The van der Waals surface area contributed by atoms with Gasteiger partial charge in [0.25, 0.3) is 5.91 Å². The predicted octanol–water partition coefficient (Wildman–Crippen LogP) is 3.02. The molecule has 4 heterocycles. The van der Waals surface area contributed by atoms with Crippen molar-refractivity contribution < 1.29 is 22.7 Å². The van der Waals surface area contributed by atoms with E-state index >= 15 is 0 Å². The summed E-state index contributed by atoms with van der Waals surface area (Å²) in [6.07, 6.45) is -1.20. The number of nitrogens with one attached hydrogen (secondary N) is 1. The van der Waals surface area contributed by atoms with Gasteiger partial charge in [0.05, 0.1) is 19.1 Å². The third-order valence-electron chi connectivity index (χ3n) is 5.44. The lowest BCUT2D eigenvalue weighted by Gasteiger charge is -2.35. The van der Waals surface area contributed by atoms with Crippen LogP contribution in [0.2, 0.25) is 0 Å². The topological polar surface area (TPSA) is 80.2 Å². The number of fused-ring (bicyclic) bond motifs is 1. The number of halogens is 3. The molecule has 0 unspecified atom stereocenters. The van der Waals surface area contributed by atoms with Crippen molar-refractivity contribution >= 4 is 17.5 Å². The van der Waals surface area contributed by atoms with E-state index in [0.717, 1.165) is 5.56 Å². The molecule has 0 saturated carbocycles. The molecule has 160 valence electrons. The first-order valence-electron chi connectivity index (χ1n) is 9.93. The van der Waals surface area contributed by atoms with Gasteiger partial charge in [0, 0.05) is 37.0 Å². The average Bonchev–Trinajstić information content (AvgIpc) is 2.98. The lowest BCUT2D eigenvalue weighted by molar-refractivity contribution is -0.176. The van der Waals surface area contributed by atoms with E-state index in [2.05, 4.69) is 20.5 Å². The van der Waals surface area contributed by atoms with Crippen LogP contribution >= 0.6 is 0 Å². The maximum absolute atomic E-state index is 13.3. The van der Waals surface area contributed by atoms with Crippen molar-refractivity contribution in [1.82, 2.24) is 15.2 Å². The zero-order chi connectivity index (χ0) is 21.1. The van der Waals surface area contributed by atoms with Gasteiger partial charge in [-0.15, -0.1) is 5.10 Å². The van der Waals surface area contributed by atoms with Crippen molar-refractivity contribution in [2.45, 2.75) is 31.9 Å². The van der Waals surface area contributed by atoms with E-state index in [9.17, 15) is 18.0 Å². The number of carbonyl (C=O) groups excluding carboxylic acids is 1. The summed E-state index contributed by atoms with van der Waals surface area (Å²) >= 11 is 0. The molecule has 1 atom stereocenters. The summed E-state index contributed by atoms with van der Waals surface area (Å²) in [5, 5.41) is 10.3. The Kier molecular flexibility index (Phi) is 5.85. The van der Waals surface area contributed by atoms with Crippen molar-refractivity contribution in [3.63, 3.8) is 0 Å². The smallest absolute Gasteiger partial charge is 0.381 e. The minimum absolute atomic E-state index is 0.110. The Morgan fingerprint density at radius 1 is 1.27 bits per heavy atom. The van der Waals surface area contributed by atoms with Gasteiger partial charge in [-0.05, 0) is 43.0 Å². The molecule has 1 saturated heterocycles. The zero-order valence-electron chi connectivity index (χ0n) is 16.3. The molecule has 2 aliphatic heterocycles. The number of piperidine rings is 1. The van der Waals surface area contributed by atoms with E-state index in [-0.39, 0.29) is 18.9 Å². The van der Waals surface area contributed by atoms with Gasteiger partial charge in [0.15, 0.2) is 5.82 Å². The molecule has 2 aromatic rings. The number of hydrogen-bond acceptors (Lipinski definition) is 6. The van der Waals surface area contributed by atoms with Crippen LogP contribution < -0.4 is 10.2 Å². The Hall–Kier alpha value is -2.75. The van der Waals surface area contributed by atoms with Crippen molar-refractivity contribution in [2.24, 2.45) is 5.92 Å². The van der Waals surface area contributed by atoms with Crippen LogP contribution in [-0.2, 0) is 17.6 Å². The molecule has 7 nitrogen and oxygen atoms in total. The van der Waals surface area contributed by atoms with Gasteiger partial charge in [-0.2, -0.15) is 18.3 Å². The fraction of sp³-hybridized carbons (Fsp3) is 0.500. The van der Waals surface area contributed by atoms with Crippen molar-refractivity contribution in [3.05, 3.63) is 41.2 Å². The Morgan fingerprint density at radius 2 is 2.10 bits per heavy atom. The molecule has 10 heteroatoms. The number of anilines is 2. The lowest BCUT2D eigenvalue weighted by atomic mass is 9.96. The first-order chi connectivity index (χ1) is 14.4. The monoisotopic (exact) mass is 421 g/mol. The fourth-order valence-electron chi connectivity index (χ4n) is 3.91. The number of ether oxygens (including phenoxy) is 1. The van der Waals surface area contributed by atoms with Crippen LogP contribution in [0.4, 0.5) is 24.8 Å². The Labute approximate surface area is 171 Å². The van der Waals surface area contributed by atoms with Crippen LogP contribution in [0.25, 0.3) is 0 Å². The summed E-state index contributed by atoms with van der Waals surface area (Å²) < 4.78 is 45.3. The average molecular weight is 421 g/mol. The highest BCUT2D eigenvalue weighted by atomic mass is 19.4. The van der Waals surface area contributed by atoms with Crippen LogP contribution in [-0.4, -0.2) is 53.6 Å². The largest absolute Gasteiger partial charge is 0.393 e. The van der Waals surface area contributed by atoms with E-state index in [0.29, 0.717) is 61.9 Å². The van der Waals surface area contributed by atoms with Crippen LogP contribution in [0.15, 0.2) is 24.4 Å². The highest BCUT2D eigenvalue weighted by Gasteiger charge is 2.42. The van der Waals surface area contributed by atoms with Gasteiger partial charge in [0.1, 0.15) is 5.82 Å². The second-order valence-corrected chi connectivity index (χ2v) is 7.46.